The van der Waals surface area contributed by atoms with Gasteiger partial charge >= 0.3 is 0 Å². The van der Waals surface area contributed by atoms with E-state index in [0.717, 1.165) is 27.2 Å². The number of nitrogens with zero attached hydrogens (tertiary/aromatic N) is 1. The number of anilines is 1. The zero-order valence-corrected chi connectivity index (χ0v) is 13.4. The predicted octanol–water partition coefficient (Wildman–Crippen LogP) is 5.07. The first kappa shape index (κ1) is 13.5. The summed E-state index contributed by atoms with van der Waals surface area (Å²) in [6, 6.07) is 9.88. The van der Waals surface area contributed by atoms with Crippen molar-refractivity contribution in [2.75, 3.05) is 5.32 Å². The number of rotatable bonds is 4. The fraction of sp³-hybridized carbons (Fsp3) is 0.0714. The van der Waals surface area contributed by atoms with Gasteiger partial charge in [0.15, 0.2) is 16.8 Å². The lowest BCUT2D eigenvalue weighted by Gasteiger charge is -2.04. The molecule has 0 amide bonds. The summed E-state index contributed by atoms with van der Waals surface area (Å²) in [7, 11) is 0. The summed E-state index contributed by atoms with van der Waals surface area (Å²) in [6.07, 6.45) is 3.12. The Hall–Kier alpha value is -1.53. The lowest BCUT2D eigenvalue weighted by atomic mass is 10.1. The minimum absolute atomic E-state index is 0.617. The molecule has 0 aliphatic carbocycles. The summed E-state index contributed by atoms with van der Waals surface area (Å²) < 4.78 is 12.4. The summed E-state index contributed by atoms with van der Waals surface area (Å²) in [5, 5.41) is 3.29. The van der Waals surface area contributed by atoms with Crippen LogP contribution in [-0.4, -0.2) is 4.98 Å². The average Bonchev–Trinajstić information content (AvgIpc) is 3.08. The van der Waals surface area contributed by atoms with Crippen LogP contribution < -0.4 is 5.32 Å². The number of oxazole rings is 1. The second-order valence-electron chi connectivity index (χ2n) is 4.13. The second kappa shape index (κ2) is 5.85. The predicted molar refractivity (Wildman–Crippen MR) is 83.4 cm³/mol. The Balaban J connectivity index is 1.66. The molecule has 0 atom stereocenters. The van der Waals surface area contributed by atoms with E-state index in [-0.39, 0.29) is 0 Å². The van der Waals surface area contributed by atoms with Gasteiger partial charge in [-0.1, -0.05) is 0 Å². The molecular weight excluding hydrogens is 388 g/mol. The van der Waals surface area contributed by atoms with Gasteiger partial charge in [0.05, 0.1) is 17.2 Å². The van der Waals surface area contributed by atoms with Gasteiger partial charge in [-0.3, -0.25) is 0 Å². The van der Waals surface area contributed by atoms with Crippen molar-refractivity contribution in [3.8, 4) is 11.3 Å². The monoisotopic (exact) mass is 396 g/mol. The van der Waals surface area contributed by atoms with E-state index in [4.69, 9.17) is 8.83 Å². The molecule has 3 aromatic rings. The third kappa shape index (κ3) is 2.96. The Bertz CT molecular complexity index is 671. The lowest BCUT2D eigenvalue weighted by molar-refractivity contribution is 0.494. The van der Waals surface area contributed by atoms with Gasteiger partial charge in [-0.15, -0.1) is 0 Å². The topological polar surface area (TPSA) is 51.2 Å². The molecule has 6 heteroatoms. The van der Waals surface area contributed by atoms with Gasteiger partial charge in [-0.25, -0.2) is 4.98 Å². The highest BCUT2D eigenvalue weighted by Gasteiger charge is 2.06. The fourth-order valence-electron chi connectivity index (χ4n) is 1.78. The number of furan rings is 1. The van der Waals surface area contributed by atoms with Crippen LogP contribution in [0.5, 0.6) is 0 Å². The average molecular weight is 398 g/mol. The molecule has 2 aromatic heterocycles. The van der Waals surface area contributed by atoms with Crippen LogP contribution in [0.25, 0.3) is 11.3 Å². The van der Waals surface area contributed by atoms with E-state index in [0.29, 0.717) is 11.2 Å². The maximum Gasteiger partial charge on any atom is 0.183 e. The van der Waals surface area contributed by atoms with Gasteiger partial charge < -0.3 is 14.2 Å². The van der Waals surface area contributed by atoms with Crippen molar-refractivity contribution in [3.05, 3.63) is 57.8 Å². The van der Waals surface area contributed by atoms with E-state index in [2.05, 4.69) is 42.2 Å². The molecule has 3 rings (SSSR count). The highest BCUT2D eigenvalue weighted by molar-refractivity contribution is 9.13. The van der Waals surface area contributed by atoms with Crippen LogP contribution >= 0.6 is 31.9 Å². The molecule has 1 aromatic carbocycles. The SMILES string of the molecule is Brc1cc(CNc2ccc(-c3cnco3)cc2)oc1Br. The quantitative estimate of drug-likeness (QED) is 0.667. The molecule has 0 radical (unpaired) electrons. The van der Waals surface area contributed by atoms with Crippen molar-refractivity contribution in [1.29, 1.82) is 0 Å². The molecule has 0 aliphatic heterocycles. The standard InChI is InChI=1S/C14H10Br2N2O2/c15-12-5-11(20-14(12)16)6-18-10-3-1-9(2-4-10)13-7-17-8-19-13/h1-5,7-8,18H,6H2. The van der Waals surface area contributed by atoms with E-state index < -0.39 is 0 Å². The van der Waals surface area contributed by atoms with Gasteiger partial charge in [0.25, 0.3) is 0 Å². The van der Waals surface area contributed by atoms with Gasteiger partial charge in [-0.05, 0) is 62.2 Å². The molecule has 0 unspecified atom stereocenters. The summed E-state index contributed by atoms with van der Waals surface area (Å²) in [5.41, 5.74) is 2.01. The van der Waals surface area contributed by atoms with Crippen molar-refractivity contribution in [2.24, 2.45) is 0 Å². The Morgan fingerprint density at radius 2 is 1.95 bits per heavy atom. The van der Waals surface area contributed by atoms with Gasteiger partial charge in [0.2, 0.25) is 0 Å². The van der Waals surface area contributed by atoms with Crippen LogP contribution in [-0.2, 0) is 6.54 Å². The van der Waals surface area contributed by atoms with Gasteiger partial charge in [0.1, 0.15) is 5.76 Å². The van der Waals surface area contributed by atoms with E-state index in [1.165, 1.54) is 6.39 Å². The first-order chi connectivity index (χ1) is 9.72. The highest BCUT2D eigenvalue weighted by atomic mass is 79.9. The zero-order valence-electron chi connectivity index (χ0n) is 10.3. The highest BCUT2D eigenvalue weighted by Crippen LogP contribution is 2.27. The number of benzene rings is 1. The molecule has 4 nitrogen and oxygen atoms in total. The summed E-state index contributed by atoms with van der Waals surface area (Å²) >= 11 is 6.71. The van der Waals surface area contributed by atoms with Crippen LogP contribution in [0, 0.1) is 0 Å². The number of hydrogen-bond acceptors (Lipinski definition) is 4. The number of halogens is 2. The molecule has 0 saturated carbocycles. The number of nitrogens with one attached hydrogen (secondary N) is 1. The fourth-order valence-corrected chi connectivity index (χ4v) is 2.44. The Morgan fingerprint density at radius 1 is 1.15 bits per heavy atom. The summed E-state index contributed by atoms with van der Waals surface area (Å²) in [4.78, 5) is 3.90. The van der Waals surface area contributed by atoms with Gasteiger partial charge in [-0.2, -0.15) is 0 Å². The minimum Gasteiger partial charge on any atom is -0.451 e. The summed E-state index contributed by atoms with van der Waals surface area (Å²) in [5.74, 6) is 1.61. The molecule has 1 N–H and O–H groups in total. The van der Waals surface area contributed by atoms with Crippen molar-refractivity contribution >= 4 is 37.5 Å². The van der Waals surface area contributed by atoms with E-state index >= 15 is 0 Å². The lowest BCUT2D eigenvalue weighted by Crippen LogP contribution is -1.97. The molecule has 20 heavy (non-hydrogen) atoms. The van der Waals surface area contributed by atoms with Crippen molar-refractivity contribution in [3.63, 3.8) is 0 Å². The number of hydrogen-bond donors (Lipinski definition) is 1. The third-order valence-electron chi connectivity index (χ3n) is 2.76. The van der Waals surface area contributed by atoms with E-state index in [1.54, 1.807) is 6.20 Å². The maximum atomic E-state index is 5.50. The smallest absolute Gasteiger partial charge is 0.183 e. The molecule has 0 bridgehead atoms. The van der Waals surface area contributed by atoms with Crippen molar-refractivity contribution in [1.82, 2.24) is 4.98 Å². The first-order valence-electron chi connectivity index (χ1n) is 5.89. The summed E-state index contributed by atoms with van der Waals surface area (Å²) in [6.45, 7) is 0.617. The van der Waals surface area contributed by atoms with E-state index in [9.17, 15) is 0 Å². The molecule has 0 fully saturated rings. The Labute approximate surface area is 132 Å². The molecule has 0 saturated heterocycles. The van der Waals surface area contributed by atoms with Gasteiger partial charge in [0, 0.05) is 11.3 Å². The minimum atomic E-state index is 0.617. The molecule has 102 valence electrons. The molecule has 0 spiro atoms. The van der Waals surface area contributed by atoms with Crippen LogP contribution in [0.3, 0.4) is 0 Å². The van der Waals surface area contributed by atoms with Crippen LogP contribution in [0.1, 0.15) is 5.76 Å². The zero-order chi connectivity index (χ0) is 13.9. The third-order valence-corrected chi connectivity index (χ3v) is 4.47. The maximum absolute atomic E-state index is 5.50. The Morgan fingerprint density at radius 3 is 2.55 bits per heavy atom. The van der Waals surface area contributed by atoms with Crippen LogP contribution in [0.4, 0.5) is 5.69 Å². The Kier molecular flexibility index (Phi) is 3.93. The largest absolute Gasteiger partial charge is 0.451 e. The second-order valence-corrected chi connectivity index (χ2v) is 5.71. The normalized spacial score (nSPS) is 10.7. The number of aromatic nitrogens is 1. The van der Waals surface area contributed by atoms with Crippen molar-refractivity contribution in [2.45, 2.75) is 6.54 Å². The van der Waals surface area contributed by atoms with Crippen LogP contribution in [0.15, 0.2) is 60.9 Å². The van der Waals surface area contributed by atoms with E-state index in [1.807, 2.05) is 30.3 Å². The molecule has 2 heterocycles. The van der Waals surface area contributed by atoms with Crippen molar-refractivity contribution < 1.29 is 8.83 Å². The first-order valence-corrected chi connectivity index (χ1v) is 7.47. The molecule has 0 aliphatic rings. The van der Waals surface area contributed by atoms with Crippen LogP contribution in [0.2, 0.25) is 0 Å². The molecular formula is C14H10Br2N2O2.